The van der Waals surface area contributed by atoms with Gasteiger partial charge in [-0.3, -0.25) is 9.59 Å². The van der Waals surface area contributed by atoms with Crippen LogP contribution >= 0.6 is 0 Å². The minimum Gasteiger partial charge on any atom is -0.467 e. The molecule has 200 valence electrons. The van der Waals surface area contributed by atoms with Gasteiger partial charge in [0.15, 0.2) is 5.96 Å². The van der Waals surface area contributed by atoms with Gasteiger partial charge in [-0.2, -0.15) is 0 Å². The fourth-order valence-corrected chi connectivity index (χ4v) is 4.47. The van der Waals surface area contributed by atoms with Crippen LogP contribution in [0.3, 0.4) is 0 Å². The van der Waals surface area contributed by atoms with Gasteiger partial charge in [-0.1, -0.05) is 61.4 Å². The van der Waals surface area contributed by atoms with E-state index in [1.54, 1.807) is 0 Å². The lowest BCUT2D eigenvalue weighted by Gasteiger charge is -2.27. The number of hydrogen-bond donors (Lipinski definition) is 4. The van der Waals surface area contributed by atoms with Gasteiger partial charge in [0, 0.05) is 17.5 Å². The van der Waals surface area contributed by atoms with E-state index in [0.717, 1.165) is 48.8 Å². The topological polar surface area (TPSA) is 149 Å². The Morgan fingerprint density at radius 2 is 1.61 bits per heavy atom. The van der Waals surface area contributed by atoms with Crippen LogP contribution in [0.25, 0.3) is 0 Å². The Labute approximate surface area is 223 Å². The van der Waals surface area contributed by atoms with E-state index < -0.39 is 29.9 Å². The number of aliphatic imine (C=N–C) groups is 1. The summed E-state index contributed by atoms with van der Waals surface area (Å²) in [7, 11) is 1.26. The molecule has 0 saturated heterocycles. The Hall–Kier alpha value is -4.32. The van der Waals surface area contributed by atoms with Crippen molar-refractivity contribution in [3.05, 3.63) is 71.3 Å². The van der Waals surface area contributed by atoms with E-state index in [1.807, 2.05) is 54.6 Å². The summed E-state index contributed by atoms with van der Waals surface area (Å²) in [6.07, 6.45) is 5.06. The summed E-state index contributed by atoms with van der Waals surface area (Å²) >= 11 is 0. The second-order valence-corrected chi connectivity index (χ2v) is 9.28. The van der Waals surface area contributed by atoms with Gasteiger partial charge in [-0.15, -0.1) is 0 Å². The SMILES string of the molecule is COC(=O)[C@H](Cc1ccc(C#Cc2ccccc2)cc1)NC(=O)CNC(=O)[C@H](N=C(N)N)C1CCCCC1. The molecule has 1 fully saturated rings. The Balaban J connectivity index is 1.57. The Morgan fingerprint density at radius 3 is 2.21 bits per heavy atom. The first-order valence-corrected chi connectivity index (χ1v) is 12.8. The molecular weight excluding hydrogens is 482 g/mol. The zero-order chi connectivity index (χ0) is 27.3. The highest BCUT2D eigenvalue weighted by molar-refractivity contribution is 5.91. The van der Waals surface area contributed by atoms with E-state index in [-0.39, 0.29) is 24.8 Å². The molecule has 0 heterocycles. The number of esters is 1. The predicted molar refractivity (Wildman–Crippen MR) is 146 cm³/mol. The van der Waals surface area contributed by atoms with Crippen molar-refractivity contribution in [3.63, 3.8) is 0 Å². The number of hydrogen-bond acceptors (Lipinski definition) is 5. The predicted octanol–water partition coefficient (Wildman–Crippen LogP) is 1.63. The fraction of sp³-hybridized carbons (Fsp3) is 0.379. The molecule has 9 heteroatoms. The molecule has 1 aliphatic rings. The molecule has 2 aromatic rings. The highest BCUT2D eigenvalue weighted by atomic mass is 16.5. The smallest absolute Gasteiger partial charge is 0.328 e. The van der Waals surface area contributed by atoms with Crippen molar-refractivity contribution in [2.24, 2.45) is 22.4 Å². The number of carbonyl (C=O) groups excluding carboxylic acids is 3. The Bertz CT molecular complexity index is 1170. The monoisotopic (exact) mass is 517 g/mol. The van der Waals surface area contributed by atoms with Gasteiger partial charge < -0.3 is 26.8 Å². The summed E-state index contributed by atoms with van der Waals surface area (Å²) in [5.74, 6) is 4.54. The van der Waals surface area contributed by atoms with Crippen molar-refractivity contribution in [2.45, 2.75) is 50.6 Å². The molecule has 0 radical (unpaired) electrons. The first-order valence-electron chi connectivity index (χ1n) is 12.8. The van der Waals surface area contributed by atoms with Gasteiger partial charge in [0.05, 0.1) is 13.7 Å². The van der Waals surface area contributed by atoms with Gasteiger partial charge in [-0.05, 0) is 48.6 Å². The lowest BCUT2D eigenvalue weighted by Crippen LogP contribution is -2.49. The number of nitrogens with zero attached hydrogens (tertiary/aromatic N) is 1. The molecule has 3 rings (SSSR count). The molecular formula is C29H35N5O4. The number of nitrogens with two attached hydrogens (primary N) is 2. The van der Waals surface area contributed by atoms with E-state index in [0.29, 0.717) is 0 Å². The van der Waals surface area contributed by atoms with E-state index in [2.05, 4.69) is 27.5 Å². The van der Waals surface area contributed by atoms with Gasteiger partial charge in [0.1, 0.15) is 12.1 Å². The molecule has 0 spiro atoms. The van der Waals surface area contributed by atoms with E-state index in [4.69, 9.17) is 16.2 Å². The summed E-state index contributed by atoms with van der Waals surface area (Å²) in [5.41, 5.74) is 13.7. The summed E-state index contributed by atoms with van der Waals surface area (Å²) in [5, 5.41) is 5.26. The molecule has 6 N–H and O–H groups in total. The van der Waals surface area contributed by atoms with E-state index >= 15 is 0 Å². The highest BCUT2D eigenvalue weighted by Crippen LogP contribution is 2.28. The summed E-state index contributed by atoms with van der Waals surface area (Å²) in [6.45, 7) is -0.316. The van der Waals surface area contributed by atoms with Crippen LogP contribution in [0, 0.1) is 17.8 Å². The average Bonchev–Trinajstić information content (AvgIpc) is 2.94. The van der Waals surface area contributed by atoms with Crippen LogP contribution in [0.1, 0.15) is 48.8 Å². The third-order valence-corrected chi connectivity index (χ3v) is 6.42. The van der Waals surface area contributed by atoms with Crippen LogP contribution < -0.4 is 22.1 Å². The van der Waals surface area contributed by atoms with Crippen molar-refractivity contribution in [2.75, 3.05) is 13.7 Å². The first kappa shape index (κ1) is 28.3. The first-order chi connectivity index (χ1) is 18.4. The molecule has 1 saturated carbocycles. The number of amides is 2. The number of methoxy groups -OCH3 is 1. The standard InChI is InChI=1S/C29H35N5O4/c1-38-28(37)24(18-22-16-14-21(15-17-22)13-12-20-8-4-2-5-9-20)33-25(35)19-32-27(36)26(34-29(30)31)23-10-6-3-7-11-23/h2,4-5,8-9,14-17,23-24,26H,3,6-7,10-11,18-19H2,1H3,(H,32,36)(H,33,35)(H4,30,31,34)/t24-,26+/m0/s1. The van der Waals surface area contributed by atoms with Crippen molar-refractivity contribution in [3.8, 4) is 11.8 Å². The molecule has 2 atom stereocenters. The molecule has 2 aromatic carbocycles. The molecule has 2 amide bonds. The second kappa shape index (κ2) is 14.4. The maximum absolute atomic E-state index is 12.8. The van der Waals surface area contributed by atoms with Gasteiger partial charge >= 0.3 is 5.97 Å². The Kier molecular flexibility index (Phi) is 10.7. The van der Waals surface area contributed by atoms with Crippen molar-refractivity contribution < 1.29 is 19.1 Å². The summed E-state index contributed by atoms with van der Waals surface area (Å²) in [4.78, 5) is 41.9. The molecule has 9 nitrogen and oxygen atoms in total. The number of guanidine groups is 1. The number of rotatable bonds is 9. The van der Waals surface area contributed by atoms with Crippen LogP contribution in [0.5, 0.6) is 0 Å². The van der Waals surface area contributed by atoms with Crippen LogP contribution in [-0.2, 0) is 25.5 Å². The fourth-order valence-electron chi connectivity index (χ4n) is 4.47. The van der Waals surface area contributed by atoms with Crippen molar-refractivity contribution in [1.29, 1.82) is 0 Å². The average molecular weight is 518 g/mol. The quantitative estimate of drug-likeness (QED) is 0.172. The Morgan fingerprint density at radius 1 is 0.974 bits per heavy atom. The molecule has 0 aliphatic heterocycles. The molecule has 0 unspecified atom stereocenters. The van der Waals surface area contributed by atoms with Gasteiger partial charge in [0.25, 0.3) is 0 Å². The van der Waals surface area contributed by atoms with E-state index in [9.17, 15) is 14.4 Å². The zero-order valence-corrected chi connectivity index (χ0v) is 21.6. The molecule has 38 heavy (non-hydrogen) atoms. The van der Waals surface area contributed by atoms with Crippen LogP contribution in [0.2, 0.25) is 0 Å². The van der Waals surface area contributed by atoms with E-state index in [1.165, 1.54) is 7.11 Å². The minimum absolute atomic E-state index is 0.0251. The lowest BCUT2D eigenvalue weighted by molar-refractivity contribution is -0.145. The van der Waals surface area contributed by atoms with Gasteiger partial charge in [-0.25, -0.2) is 9.79 Å². The molecule has 1 aliphatic carbocycles. The molecule has 0 bridgehead atoms. The summed E-state index contributed by atoms with van der Waals surface area (Å²) in [6, 6.07) is 15.4. The third-order valence-electron chi connectivity index (χ3n) is 6.42. The van der Waals surface area contributed by atoms with Crippen LogP contribution in [-0.4, -0.2) is 49.5 Å². The number of benzene rings is 2. The normalized spacial score (nSPS) is 14.7. The maximum Gasteiger partial charge on any atom is 0.328 e. The maximum atomic E-state index is 12.8. The largest absolute Gasteiger partial charge is 0.467 e. The van der Waals surface area contributed by atoms with Crippen LogP contribution in [0.15, 0.2) is 59.6 Å². The number of carbonyl (C=O) groups is 3. The number of ether oxygens (including phenoxy) is 1. The van der Waals surface area contributed by atoms with Crippen molar-refractivity contribution >= 4 is 23.7 Å². The molecule has 0 aromatic heterocycles. The number of nitrogens with one attached hydrogen (secondary N) is 2. The lowest BCUT2D eigenvalue weighted by atomic mass is 9.83. The minimum atomic E-state index is -0.919. The second-order valence-electron chi connectivity index (χ2n) is 9.28. The summed E-state index contributed by atoms with van der Waals surface area (Å²) < 4.78 is 4.87. The third kappa shape index (κ3) is 8.96. The highest BCUT2D eigenvalue weighted by Gasteiger charge is 2.30. The van der Waals surface area contributed by atoms with Crippen molar-refractivity contribution in [1.82, 2.24) is 10.6 Å². The zero-order valence-electron chi connectivity index (χ0n) is 21.6. The van der Waals surface area contributed by atoms with Crippen LogP contribution in [0.4, 0.5) is 0 Å². The van der Waals surface area contributed by atoms with Gasteiger partial charge in [0.2, 0.25) is 11.8 Å².